The van der Waals surface area contributed by atoms with Crippen molar-refractivity contribution in [3.63, 3.8) is 0 Å². The van der Waals surface area contributed by atoms with Crippen molar-refractivity contribution in [3.05, 3.63) is 65.9 Å². The number of para-hydroxylation sites is 1. The maximum absolute atomic E-state index is 13.8. The van der Waals surface area contributed by atoms with Gasteiger partial charge in [0.2, 0.25) is 0 Å². The highest BCUT2D eigenvalue weighted by molar-refractivity contribution is 7.90. The van der Waals surface area contributed by atoms with E-state index in [0.717, 1.165) is 29.5 Å². The molecular formula is C22H24N2O4S. The zero-order valence-electron chi connectivity index (χ0n) is 16.1. The van der Waals surface area contributed by atoms with E-state index in [4.69, 9.17) is 4.84 Å². The van der Waals surface area contributed by atoms with Gasteiger partial charge in [0.05, 0.1) is 28.8 Å². The molecule has 0 aliphatic carbocycles. The second-order valence-corrected chi connectivity index (χ2v) is 9.50. The molecule has 2 aliphatic heterocycles. The van der Waals surface area contributed by atoms with Gasteiger partial charge in [0.25, 0.3) is 10.0 Å². The third kappa shape index (κ3) is 2.92. The first kappa shape index (κ1) is 18.8. The summed E-state index contributed by atoms with van der Waals surface area (Å²) in [6.07, 6.45) is 2.35. The Bertz CT molecular complexity index is 1140. The zero-order valence-corrected chi connectivity index (χ0v) is 16.9. The molecular weight excluding hydrogens is 388 g/mol. The summed E-state index contributed by atoms with van der Waals surface area (Å²) in [5.41, 5.74) is 2.47. The van der Waals surface area contributed by atoms with Crippen LogP contribution in [0.25, 0.3) is 10.9 Å². The number of fused-ring (bicyclic) bond motifs is 5. The summed E-state index contributed by atoms with van der Waals surface area (Å²) < 4.78 is 29.1. The Balaban J connectivity index is 1.83. The number of hydrogen-bond acceptors (Lipinski definition) is 5. The molecule has 29 heavy (non-hydrogen) atoms. The Morgan fingerprint density at radius 1 is 1.07 bits per heavy atom. The molecule has 1 fully saturated rings. The average Bonchev–Trinajstić information content (AvgIpc) is 2.95. The molecule has 1 N–H and O–H groups in total. The van der Waals surface area contributed by atoms with Crippen LogP contribution in [0.15, 0.2) is 59.5 Å². The molecule has 3 aromatic rings. The van der Waals surface area contributed by atoms with Gasteiger partial charge in [-0.1, -0.05) is 36.4 Å². The quantitative estimate of drug-likeness (QED) is 0.716. The van der Waals surface area contributed by atoms with Gasteiger partial charge < -0.3 is 5.11 Å². The van der Waals surface area contributed by atoms with Gasteiger partial charge in [-0.3, -0.25) is 4.84 Å². The molecule has 7 heteroatoms. The van der Waals surface area contributed by atoms with Crippen molar-refractivity contribution in [2.45, 2.75) is 30.2 Å². The van der Waals surface area contributed by atoms with Crippen LogP contribution in [0.5, 0.6) is 0 Å². The van der Waals surface area contributed by atoms with Crippen molar-refractivity contribution >= 4 is 20.9 Å². The summed E-state index contributed by atoms with van der Waals surface area (Å²) in [6, 6.07) is 15.9. The maximum Gasteiger partial charge on any atom is 0.268 e. The Morgan fingerprint density at radius 2 is 1.83 bits per heavy atom. The lowest BCUT2D eigenvalue weighted by atomic mass is 9.88. The lowest BCUT2D eigenvalue weighted by molar-refractivity contribution is -0.194. The third-order valence-electron chi connectivity index (χ3n) is 6.09. The first-order chi connectivity index (χ1) is 14.1. The highest BCUT2D eigenvalue weighted by Crippen LogP contribution is 2.44. The molecule has 2 atom stereocenters. The fraction of sp³-hybridized carbons (Fsp3) is 0.364. The Hall–Kier alpha value is -2.19. The molecule has 0 amide bonds. The number of aromatic nitrogens is 1. The summed E-state index contributed by atoms with van der Waals surface area (Å²) in [5, 5.41) is 13.0. The first-order valence-corrected chi connectivity index (χ1v) is 11.5. The number of benzene rings is 2. The van der Waals surface area contributed by atoms with Crippen LogP contribution in [0.4, 0.5) is 0 Å². The van der Waals surface area contributed by atoms with Crippen LogP contribution in [0, 0.1) is 5.92 Å². The molecule has 152 valence electrons. The van der Waals surface area contributed by atoms with Crippen molar-refractivity contribution in [2.75, 3.05) is 19.8 Å². The van der Waals surface area contributed by atoms with Gasteiger partial charge in [-0.05, 0) is 43.0 Å². The lowest BCUT2D eigenvalue weighted by Crippen LogP contribution is -2.40. The highest BCUT2D eigenvalue weighted by atomic mass is 32.2. The second-order valence-electron chi connectivity index (χ2n) is 7.72. The SMILES string of the molecule is O=S(=O)(c1ccccc1)n1c2c(c3ccccc31)CCN1OCCC[C@@H](CO)[C@@H]21. The van der Waals surface area contributed by atoms with E-state index < -0.39 is 10.0 Å². The van der Waals surface area contributed by atoms with E-state index in [0.29, 0.717) is 25.1 Å². The largest absolute Gasteiger partial charge is 0.396 e. The van der Waals surface area contributed by atoms with Gasteiger partial charge in [0.15, 0.2) is 0 Å². The molecule has 2 aromatic carbocycles. The number of aliphatic hydroxyl groups excluding tert-OH is 1. The summed E-state index contributed by atoms with van der Waals surface area (Å²) in [7, 11) is -3.81. The molecule has 0 spiro atoms. The van der Waals surface area contributed by atoms with E-state index in [1.807, 2.05) is 35.4 Å². The Kier molecular flexibility index (Phi) is 4.70. The third-order valence-corrected chi connectivity index (χ3v) is 7.83. The summed E-state index contributed by atoms with van der Waals surface area (Å²) >= 11 is 0. The topological polar surface area (TPSA) is 71.8 Å². The van der Waals surface area contributed by atoms with Gasteiger partial charge in [-0.25, -0.2) is 12.4 Å². The van der Waals surface area contributed by atoms with Gasteiger partial charge in [0, 0.05) is 24.5 Å². The van der Waals surface area contributed by atoms with Gasteiger partial charge >= 0.3 is 0 Å². The predicted octanol–water partition coefficient (Wildman–Crippen LogP) is 3.11. The lowest BCUT2D eigenvalue weighted by Gasteiger charge is -2.37. The molecule has 3 heterocycles. The molecule has 1 saturated heterocycles. The van der Waals surface area contributed by atoms with Crippen molar-refractivity contribution in [1.29, 1.82) is 0 Å². The molecule has 2 aliphatic rings. The van der Waals surface area contributed by atoms with E-state index in [-0.39, 0.29) is 23.5 Å². The molecule has 1 aromatic heterocycles. The van der Waals surface area contributed by atoms with Crippen LogP contribution < -0.4 is 0 Å². The van der Waals surface area contributed by atoms with Gasteiger partial charge in [-0.2, -0.15) is 5.06 Å². The molecule has 0 unspecified atom stereocenters. The molecule has 5 rings (SSSR count). The van der Waals surface area contributed by atoms with E-state index >= 15 is 0 Å². The second kappa shape index (κ2) is 7.25. The molecule has 0 radical (unpaired) electrons. The minimum Gasteiger partial charge on any atom is -0.396 e. The monoisotopic (exact) mass is 412 g/mol. The van der Waals surface area contributed by atoms with Gasteiger partial charge in [-0.15, -0.1) is 0 Å². The number of rotatable bonds is 3. The Labute approximate surface area is 170 Å². The van der Waals surface area contributed by atoms with Crippen LogP contribution >= 0.6 is 0 Å². The maximum atomic E-state index is 13.8. The summed E-state index contributed by atoms with van der Waals surface area (Å²) in [4.78, 5) is 6.24. The Morgan fingerprint density at radius 3 is 2.62 bits per heavy atom. The minimum absolute atomic E-state index is 0.00310. The van der Waals surface area contributed by atoms with Crippen LogP contribution in [0.1, 0.15) is 30.1 Å². The van der Waals surface area contributed by atoms with Crippen LogP contribution in [0.3, 0.4) is 0 Å². The smallest absolute Gasteiger partial charge is 0.268 e. The van der Waals surface area contributed by atoms with E-state index in [9.17, 15) is 13.5 Å². The van der Waals surface area contributed by atoms with E-state index in [2.05, 4.69) is 0 Å². The van der Waals surface area contributed by atoms with Crippen molar-refractivity contribution in [2.24, 2.45) is 5.92 Å². The standard InChI is InChI=1S/C22H24N2O4S/c25-15-16-7-6-14-28-23-13-12-19-18-10-4-5-11-20(18)24(22(19)21(16)23)29(26,27)17-8-2-1-3-9-17/h1-5,8-11,16,21,25H,6-7,12-15H2/t16-,21-/m0/s1. The predicted molar refractivity (Wildman–Crippen MR) is 110 cm³/mol. The zero-order chi connectivity index (χ0) is 20.0. The fourth-order valence-electron chi connectivity index (χ4n) is 4.79. The van der Waals surface area contributed by atoms with Crippen molar-refractivity contribution < 1.29 is 18.4 Å². The van der Waals surface area contributed by atoms with Crippen molar-refractivity contribution in [1.82, 2.24) is 9.04 Å². The number of aliphatic hydroxyl groups is 1. The van der Waals surface area contributed by atoms with Crippen LogP contribution in [-0.2, 0) is 21.3 Å². The van der Waals surface area contributed by atoms with Crippen molar-refractivity contribution in [3.8, 4) is 0 Å². The number of hydroxylamine groups is 2. The fourth-order valence-corrected chi connectivity index (χ4v) is 6.40. The number of nitrogens with zero attached hydrogens (tertiary/aromatic N) is 2. The first-order valence-electron chi connectivity index (χ1n) is 10.1. The molecule has 0 saturated carbocycles. The average molecular weight is 413 g/mol. The van der Waals surface area contributed by atoms with Gasteiger partial charge in [0.1, 0.15) is 0 Å². The molecule has 0 bridgehead atoms. The summed E-state index contributed by atoms with van der Waals surface area (Å²) in [6.45, 7) is 1.28. The van der Waals surface area contributed by atoms with Crippen LogP contribution in [0.2, 0.25) is 0 Å². The highest BCUT2D eigenvalue weighted by Gasteiger charge is 2.42. The summed E-state index contributed by atoms with van der Waals surface area (Å²) in [5.74, 6) is -0.0782. The number of hydrogen-bond donors (Lipinski definition) is 1. The van der Waals surface area contributed by atoms with E-state index in [1.165, 1.54) is 3.97 Å². The normalized spacial score (nSPS) is 22.8. The van der Waals surface area contributed by atoms with E-state index in [1.54, 1.807) is 24.3 Å². The molecule has 6 nitrogen and oxygen atoms in total. The minimum atomic E-state index is -3.81. The van der Waals surface area contributed by atoms with Crippen LogP contribution in [-0.4, -0.2) is 42.3 Å².